The summed E-state index contributed by atoms with van der Waals surface area (Å²) < 4.78 is 65.4. The molecule has 5 rings (SSSR count). The standard InChI is InChI=1S/C26H22F2N6O2S.C2HF3O2/c1-3-34(26-32-23(22(11-29)37-26)14-4-6-15(27)7-5-14)21-10-20(25(35)36-2)31-24-18(21)8-17(9-19(24)28)33-12-16(30)13-33;3-2(4,5)1(6)7/h4-10,16H,3,12-13,30H2,1-2H3;(H,6,7). The van der Waals surface area contributed by atoms with Crippen LogP contribution in [0.5, 0.6) is 0 Å². The highest BCUT2D eigenvalue weighted by Gasteiger charge is 2.38. The lowest BCUT2D eigenvalue weighted by atomic mass is 10.1. The molecule has 0 saturated carbocycles. The van der Waals surface area contributed by atoms with Gasteiger partial charge >= 0.3 is 18.1 Å². The molecule has 44 heavy (non-hydrogen) atoms. The number of esters is 1. The Bertz CT molecular complexity index is 1750. The van der Waals surface area contributed by atoms with Crippen molar-refractivity contribution >= 4 is 50.7 Å². The minimum Gasteiger partial charge on any atom is -0.475 e. The number of fused-ring (bicyclic) bond motifs is 1. The summed E-state index contributed by atoms with van der Waals surface area (Å²) in [5, 5.41) is 17.8. The molecule has 1 fully saturated rings. The first-order valence-corrected chi connectivity index (χ1v) is 13.6. The summed E-state index contributed by atoms with van der Waals surface area (Å²) in [7, 11) is 1.23. The first-order chi connectivity index (χ1) is 20.8. The van der Waals surface area contributed by atoms with Crippen molar-refractivity contribution in [2.24, 2.45) is 5.73 Å². The molecule has 1 aliphatic rings. The Morgan fingerprint density at radius 1 is 1.18 bits per heavy atom. The minimum absolute atomic E-state index is 0.0146. The van der Waals surface area contributed by atoms with E-state index >= 15 is 4.39 Å². The van der Waals surface area contributed by atoms with E-state index < -0.39 is 29.7 Å². The average molecular weight is 635 g/mol. The van der Waals surface area contributed by atoms with E-state index in [-0.39, 0.29) is 17.3 Å². The number of aliphatic carboxylic acids is 1. The van der Waals surface area contributed by atoms with Crippen LogP contribution in [0.25, 0.3) is 22.2 Å². The monoisotopic (exact) mass is 634 g/mol. The number of carbonyl (C=O) groups excluding carboxylic acids is 1. The second-order valence-corrected chi connectivity index (χ2v) is 10.3. The maximum atomic E-state index is 15.4. The number of hydrogen-bond donors (Lipinski definition) is 2. The molecule has 3 heterocycles. The van der Waals surface area contributed by atoms with E-state index in [2.05, 4.69) is 16.0 Å². The first kappa shape index (κ1) is 32.0. The third-order valence-corrected chi connectivity index (χ3v) is 7.40. The molecule has 0 spiro atoms. The number of alkyl halides is 3. The molecule has 1 saturated heterocycles. The number of rotatable bonds is 6. The van der Waals surface area contributed by atoms with Gasteiger partial charge in [0.25, 0.3) is 0 Å². The second-order valence-electron chi connectivity index (χ2n) is 9.35. The minimum atomic E-state index is -5.08. The molecule has 2 aromatic carbocycles. The number of halogens is 5. The van der Waals surface area contributed by atoms with Crippen LogP contribution in [0.1, 0.15) is 22.3 Å². The van der Waals surface area contributed by atoms with Crippen LogP contribution in [-0.2, 0) is 9.53 Å². The number of benzene rings is 2. The Labute approximate surface area is 250 Å². The third kappa shape index (κ3) is 6.68. The quantitative estimate of drug-likeness (QED) is 0.214. The first-order valence-electron chi connectivity index (χ1n) is 12.7. The Morgan fingerprint density at radius 2 is 1.82 bits per heavy atom. The number of methoxy groups -OCH3 is 1. The number of nitrogens with two attached hydrogens (primary N) is 1. The topological polar surface area (TPSA) is 146 Å². The SMILES string of the molecule is CCN(c1nc(-c2ccc(F)cc2)c(C#N)s1)c1cc(C(=O)OC)nc2c(F)cc(N3CC(N)C3)cc12.O=C(O)C(F)(F)F. The number of nitrogens with zero attached hydrogens (tertiary/aromatic N) is 5. The van der Waals surface area contributed by atoms with Crippen LogP contribution in [-0.4, -0.2) is 66.0 Å². The van der Waals surface area contributed by atoms with E-state index in [4.69, 9.17) is 20.4 Å². The highest BCUT2D eigenvalue weighted by molar-refractivity contribution is 7.16. The summed E-state index contributed by atoms with van der Waals surface area (Å²) in [6.45, 7) is 3.47. The Balaban J connectivity index is 0.000000566. The van der Waals surface area contributed by atoms with Crippen molar-refractivity contribution in [2.45, 2.75) is 19.1 Å². The van der Waals surface area contributed by atoms with Crippen molar-refractivity contribution < 1.29 is 41.4 Å². The van der Waals surface area contributed by atoms with Gasteiger partial charge in [-0.05, 0) is 49.4 Å². The van der Waals surface area contributed by atoms with Crippen LogP contribution in [0.3, 0.4) is 0 Å². The summed E-state index contributed by atoms with van der Waals surface area (Å²) in [4.78, 5) is 34.3. The van der Waals surface area contributed by atoms with Crippen molar-refractivity contribution in [3.63, 3.8) is 0 Å². The largest absolute Gasteiger partial charge is 0.490 e. The maximum absolute atomic E-state index is 15.4. The van der Waals surface area contributed by atoms with Gasteiger partial charge in [-0.25, -0.2) is 28.3 Å². The molecule has 0 bridgehead atoms. The molecule has 4 aromatic rings. The average Bonchev–Trinajstić information content (AvgIpc) is 3.39. The molecule has 1 aliphatic heterocycles. The molecule has 0 atom stereocenters. The van der Waals surface area contributed by atoms with Crippen molar-refractivity contribution in [1.29, 1.82) is 5.26 Å². The van der Waals surface area contributed by atoms with Gasteiger partial charge < -0.3 is 25.4 Å². The van der Waals surface area contributed by atoms with Crippen molar-refractivity contribution in [3.05, 3.63) is 64.7 Å². The maximum Gasteiger partial charge on any atom is 0.490 e. The highest BCUT2D eigenvalue weighted by atomic mass is 32.1. The fraction of sp³-hybridized carbons (Fsp3) is 0.250. The van der Waals surface area contributed by atoms with Crippen LogP contribution in [0.15, 0.2) is 42.5 Å². The molecule has 0 radical (unpaired) electrons. The zero-order valence-electron chi connectivity index (χ0n) is 23.0. The molecule has 0 aliphatic carbocycles. The smallest absolute Gasteiger partial charge is 0.475 e. The van der Waals surface area contributed by atoms with Gasteiger partial charge in [-0.2, -0.15) is 18.4 Å². The summed E-state index contributed by atoms with van der Waals surface area (Å²) in [5.41, 5.74) is 8.03. The van der Waals surface area contributed by atoms with Crippen molar-refractivity contribution in [2.75, 3.05) is 36.5 Å². The van der Waals surface area contributed by atoms with Gasteiger partial charge in [0, 0.05) is 42.3 Å². The van der Waals surface area contributed by atoms with E-state index in [1.165, 1.54) is 31.4 Å². The fourth-order valence-corrected chi connectivity index (χ4v) is 5.27. The second kappa shape index (κ2) is 12.8. The van der Waals surface area contributed by atoms with E-state index in [0.29, 0.717) is 57.7 Å². The zero-order valence-corrected chi connectivity index (χ0v) is 23.8. The predicted molar refractivity (Wildman–Crippen MR) is 152 cm³/mol. The Kier molecular flexibility index (Phi) is 9.30. The van der Waals surface area contributed by atoms with Gasteiger partial charge in [0.05, 0.1) is 12.8 Å². The van der Waals surface area contributed by atoms with Gasteiger partial charge in [-0.1, -0.05) is 11.3 Å². The number of pyridine rings is 1. The lowest BCUT2D eigenvalue weighted by Crippen LogP contribution is -2.55. The summed E-state index contributed by atoms with van der Waals surface area (Å²) in [6, 6.07) is 12.6. The summed E-state index contributed by atoms with van der Waals surface area (Å²) >= 11 is 1.15. The van der Waals surface area contributed by atoms with Gasteiger partial charge in [0.1, 0.15) is 28.0 Å². The van der Waals surface area contributed by atoms with Gasteiger partial charge in [0.15, 0.2) is 16.6 Å². The van der Waals surface area contributed by atoms with Crippen LogP contribution in [0, 0.1) is 23.0 Å². The number of nitriles is 1. The third-order valence-electron chi connectivity index (χ3n) is 6.41. The van der Waals surface area contributed by atoms with E-state index in [1.54, 1.807) is 17.0 Å². The molecule has 0 amide bonds. The Morgan fingerprint density at radius 3 is 2.34 bits per heavy atom. The van der Waals surface area contributed by atoms with E-state index in [9.17, 15) is 27.6 Å². The molecule has 230 valence electrons. The van der Waals surface area contributed by atoms with Crippen LogP contribution >= 0.6 is 11.3 Å². The van der Waals surface area contributed by atoms with Crippen LogP contribution in [0.2, 0.25) is 0 Å². The number of ether oxygens (including phenoxy) is 1. The normalized spacial score (nSPS) is 13.0. The molecule has 3 N–H and O–H groups in total. The van der Waals surface area contributed by atoms with E-state index in [1.807, 2.05) is 17.9 Å². The molecule has 10 nitrogen and oxygen atoms in total. The molecule has 0 unspecified atom stereocenters. The lowest BCUT2D eigenvalue weighted by Gasteiger charge is -2.39. The lowest BCUT2D eigenvalue weighted by molar-refractivity contribution is -0.192. The zero-order chi connectivity index (χ0) is 32.3. The fourth-order valence-electron chi connectivity index (χ4n) is 4.30. The molecular weight excluding hydrogens is 611 g/mol. The van der Waals surface area contributed by atoms with Gasteiger partial charge in [-0.15, -0.1) is 0 Å². The van der Waals surface area contributed by atoms with Crippen LogP contribution in [0.4, 0.5) is 38.5 Å². The molecule has 16 heteroatoms. The number of carboxylic acids is 1. The highest BCUT2D eigenvalue weighted by Crippen LogP contribution is 2.40. The van der Waals surface area contributed by atoms with Gasteiger partial charge in [0.2, 0.25) is 0 Å². The van der Waals surface area contributed by atoms with Crippen LogP contribution < -0.4 is 15.5 Å². The summed E-state index contributed by atoms with van der Waals surface area (Å²) in [5.74, 6) is -4.44. The predicted octanol–water partition coefficient (Wildman–Crippen LogP) is 5.23. The molecule has 2 aromatic heterocycles. The Hall–Kier alpha value is -4.88. The number of anilines is 3. The van der Waals surface area contributed by atoms with Crippen molar-refractivity contribution in [1.82, 2.24) is 9.97 Å². The number of thiazole rings is 1. The van der Waals surface area contributed by atoms with E-state index in [0.717, 1.165) is 11.3 Å². The number of aromatic nitrogens is 2. The number of carbonyl (C=O) groups is 2. The van der Waals surface area contributed by atoms with Crippen molar-refractivity contribution in [3.8, 4) is 17.3 Å². The summed E-state index contributed by atoms with van der Waals surface area (Å²) in [6.07, 6.45) is -5.08. The molecular formula is C28H23F5N6O4S. The van der Waals surface area contributed by atoms with Gasteiger partial charge in [-0.3, -0.25) is 0 Å². The number of carboxylic acid groups (broad SMARTS) is 1. The number of hydrogen-bond acceptors (Lipinski definition) is 10.